The molecule has 24 heavy (non-hydrogen) atoms. The van der Waals surface area contributed by atoms with E-state index in [1.165, 1.54) is 4.57 Å². The highest BCUT2D eigenvalue weighted by Crippen LogP contribution is 2.12. The number of benzene rings is 1. The molecule has 1 amide bonds. The van der Waals surface area contributed by atoms with Crippen LogP contribution in [-0.2, 0) is 17.9 Å². The van der Waals surface area contributed by atoms with Crippen molar-refractivity contribution >= 4 is 34.2 Å². The number of hydrogen-bond donors (Lipinski definition) is 1. The lowest BCUT2D eigenvalue weighted by Crippen LogP contribution is -2.41. The summed E-state index contributed by atoms with van der Waals surface area (Å²) in [6, 6.07) is 7.39. The number of aromatic nitrogens is 3. The molecule has 0 spiro atoms. The number of amides is 1. The number of rotatable bonds is 4. The summed E-state index contributed by atoms with van der Waals surface area (Å²) in [5.41, 5.74) is 1.36. The number of anilines is 1. The molecule has 8 heteroatoms. The van der Waals surface area contributed by atoms with Crippen LogP contribution in [0.1, 0.15) is 12.5 Å². The number of nitrogens with zero attached hydrogens (tertiary/aromatic N) is 3. The van der Waals surface area contributed by atoms with E-state index in [9.17, 15) is 14.4 Å². The van der Waals surface area contributed by atoms with Crippen LogP contribution >= 0.6 is 11.5 Å². The smallest absolute Gasteiger partial charge is 0.325 e. The van der Waals surface area contributed by atoms with Crippen LogP contribution in [-0.4, -0.2) is 19.4 Å². The zero-order valence-electron chi connectivity index (χ0n) is 13.3. The fraction of sp³-hybridized carbons (Fsp3) is 0.250. The third-order valence-corrected chi connectivity index (χ3v) is 4.29. The second-order valence-corrected chi connectivity index (χ2v) is 6.01. The summed E-state index contributed by atoms with van der Waals surface area (Å²) in [7, 11) is 0. The second kappa shape index (κ2) is 6.40. The zero-order chi connectivity index (χ0) is 17.3. The first-order valence-electron chi connectivity index (χ1n) is 7.45. The number of aryl methyl sites for hydroxylation is 1. The number of carbonyl (C=O) groups is 1. The number of fused-ring (bicyclic) bond motifs is 1. The number of nitrogens with one attached hydrogen (secondary N) is 1. The zero-order valence-corrected chi connectivity index (χ0v) is 14.1. The van der Waals surface area contributed by atoms with Crippen molar-refractivity contribution in [2.45, 2.75) is 26.9 Å². The molecule has 7 nitrogen and oxygen atoms in total. The highest BCUT2D eigenvalue weighted by atomic mass is 32.1. The summed E-state index contributed by atoms with van der Waals surface area (Å²) in [6.45, 7) is 3.68. The molecule has 0 aliphatic carbocycles. The molecule has 1 aromatic carbocycles. The normalized spacial score (nSPS) is 10.9. The van der Waals surface area contributed by atoms with E-state index < -0.39 is 11.2 Å². The molecule has 3 aromatic rings. The van der Waals surface area contributed by atoms with Crippen molar-refractivity contribution in [1.29, 1.82) is 0 Å². The van der Waals surface area contributed by atoms with Gasteiger partial charge in [0, 0.05) is 17.6 Å². The van der Waals surface area contributed by atoms with E-state index in [4.69, 9.17) is 0 Å². The van der Waals surface area contributed by atoms with Crippen LogP contribution < -0.4 is 16.6 Å². The van der Waals surface area contributed by atoms with Crippen LogP contribution in [0.2, 0.25) is 0 Å². The van der Waals surface area contributed by atoms with Gasteiger partial charge in [0.1, 0.15) is 6.54 Å². The summed E-state index contributed by atoms with van der Waals surface area (Å²) in [6.07, 6.45) is 0. The van der Waals surface area contributed by atoms with Gasteiger partial charge in [0.25, 0.3) is 5.56 Å². The van der Waals surface area contributed by atoms with E-state index in [0.717, 1.165) is 21.7 Å². The van der Waals surface area contributed by atoms with Gasteiger partial charge in [-0.2, -0.15) is 4.37 Å². The predicted molar refractivity (Wildman–Crippen MR) is 93.6 cm³/mol. The maximum atomic E-state index is 12.5. The number of carbonyl (C=O) groups excluding carboxylic acids is 1. The molecule has 0 radical (unpaired) electrons. The molecule has 0 unspecified atom stereocenters. The van der Waals surface area contributed by atoms with Crippen LogP contribution in [0.4, 0.5) is 5.69 Å². The van der Waals surface area contributed by atoms with E-state index in [2.05, 4.69) is 9.69 Å². The maximum absolute atomic E-state index is 12.5. The Bertz CT molecular complexity index is 1030. The number of hydrogen-bond acceptors (Lipinski definition) is 5. The van der Waals surface area contributed by atoms with Gasteiger partial charge in [-0.25, -0.2) is 4.79 Å². The first-order chi connectivity index (χ1) is 11.5. The van der Waals surface area contributed by atoms with Crippen molar-refractivity contribution in [3.8, 4) is 0 Å². The summed E-state index contributed by atoms with van der Waals surface area (Å²) < 4.78 is 6.42. The second-order valence-electron chi connectivity index (χ2n) is 5.38. The molecule has 2 heterocycles. The van der Waals surface area contributed by atoms with Crippen molar-refractivity contribution in [2.75, 3.05) is 5.32 Å². The monoisotopic (exact) mass is 344 g/mol. The molecule has 0 atom stereocenters. The van der Waals surface area contributed by atoms with Crippen molar-refractivity contribution in [3.05, 3.63) is 56.0 Å². The summed E-state index contributed by atoms with van der Waals surface area (Å²) in [5, 5.41) is 4.37. The molecular weight excluding hydrogens is 328 g/mol. The van der Waals surface area contributed by atoms with E-state index in [1.54, 1.807) is 18.4 Å². The highest BCUT2D eigenvalue weighted by Gasteiger charge is 2.16. The van der Waals surface area contributed by atoms with Gasteiger partial charge in [-0.15, -0.1) is 0 Å². The van der Waals surface area contributed by atoms with Gasteiger partial charge in [0.15, 0.2) is 5.52 Å². The topological polar surface area (TPSA) is 86.0 Å². The highest BCUT2D eigenvalue weighted by molar-refractivity contribution is 7.04. The van der Waals surface area contributed by atoms with Crippen molar-refractivity contribution < 1.29 is 4.79 Å². The molecular formula is C16H16N4O3S. The van der Waals surface area contributed by atoms with E-state index in [1.807, 2.05) is 25.1 Å². The van der Waals surface area contributed by atoms with Crippen molar-refractivity contribution in [2.24, 2.45) is 0 Å². The first kappa shape index (κ1) is 16.1. The van der Waals surface area contributed by atoms with Crippen LogP contribution in [0, 0.1) is 6.92 Å². The van der Waals surface area contributed by atoms with Crippen LogP contribution in [0.5, 0.6) is 0 Å². The Hall–Kier alpha value is -2.74. The summed E-state index contributed by atoms with van der Waals surface area (Å²) in [5.74, 6) is -0.337. The standard InChI is InChI=1S/C16H16N4O3S/c1-3-19-15(22)14-12(9-24-18-14)20(16(19)23)8-13(21)17-11-6-4-5-10(2)7-11/h4-7,9H,3,8H2,1-2H3,(H,17,21). The average molecular weight is 344 g/mol. The Morgan fingerprint density at radius 1 is 1.29 bits per heavy atom. The predicted octanol–water partition coefficient (Wildman–Crippen LogP) is 1.59. The fourth-order valence-corrected chi connectivity index (χ4v) is 3.20. The largest absolute Gasteiger partial charge is 0.332 e. The fourth-order valence-electron chi connectivity index (χ4n) is 2.53. The molecule has 0 bridgehead atoms. The lowest BCUT2D eigenvalue weighted by Gasteiger charge is -2.11. The minimum atomic E-state index is -0.505. The summed E-state index contributed by atoms with van der Waals surface area (Å²) in [4.78, 5) is 37.0. The van der Waals surface area contributed by atoms with Crippen molar-refractivity contribution in [3.63, 3.8) is 0 Å². The molecule has 0 saturated carbocycles. The minimum Gasteiger partial charge on any atom is -0.325 e. The van der Waals surface area contributed by atoms with Crippen LogP contribution in [0.25, 0.3) is 11.0 Å². The Labute approximate surface area is 141 Å². The Morgan fingerprint density at radius 2 is 2.08 bits per heavy atom. The van der Waals surface area contributed by atoms with Gasteiger partial charge in [-0.3, -0.25) is 18.7 Å². The third-order valence-electron chi connectivity index (χ3n) is 3.67. The minimum absolute atomic E-state index is 0.179. The van der Waals surface area contributed by atoms with Gasteiger partial charge < -0.3 is 5.32 Å². The van der Waals surface area contributed by atoms with E-state index >= 15 is 0 Å². The molecule has 1 N–H and O–H groups in total. The van der Waals surface area contributed by atoms with Gasteiger partial charge >= 0.3 is 5.69 Å². The molecule has 0 fully saturated rings. The van der Waals surface area contributed by atoms with Gasteiger partial charge in [-0.05, 0) is 43.1 Å². The SMILES string of the molecule is CCn1c(=O)c2nscc2n(CC(=O)Nc2cccc(C)c2)c1=O. The van der Waals surface area contributed by atoms with Crippen LogP contribution in [0.15, 0.2) is 39.2 Å². The maximum Gasteiger partial charge on any atom is 0.332 e. The van der Waals surface area contributed by atoms with E-state index in [0.29, 0.717) is 11.2 Å². The van der Waals surface area contributed by atoms with Gasteiger partial charge in [0.05, 0.1) is 5.52 Å². The van der Waals surface area contributed by atoms with Crippen LogP contribution in [0.3, 0.4) is 0 Å². The molecule has 0 aliphatic rings. The average Bonchev–Trinajstić information content (AvgIpc) is 3.02. The molecule has 0 saturated heterocycles. The molecule has 3 rings (SSSR count). The Balaban J connectivity index is 1.98. The molecule has 124 valence electrons. The third kappa shape index (κ3) is 2.88. The first-order valence-corrected chi connectivity index (χ1v) is 8.29. The molecule has 2 aromatic heterocycles. The lowest BCUT2D eigenvalue weighted by molar-refractivity contribution is -0.116. The quantitative estimate of drug-likeness (QED) is 0.779. The Morgan fingerprint density at radius 3 is 2.79 bits per heavy atom. The lowest BCUT2D eigenvalue weighted by atomic mass is 10.2. The van der Waals surface area contributed by atoms with Gasteiger partial charge in [-0.1, -0.05) is 12.1 Å². The van der Waals surface area contributed by atoms with E-state index in [-0.39, 0.29) is 24.5 Å². The van der Waals surface area contributed by atoms with Gasteiger partial charge in [0.2, 0.25) is 5.91 Å². The molecule has 0 aliphatic heterocycles. The summed E-state index contributed by atoms with van der Waals surface area (Å²) >= 11 is 1.09. The Kier molecular flexibility index (Phi) is 4.30. The van der Waals surface area contributed by atoms with Crippen molar-refractivity contribution in [1.82, 2.24) is 13.5 Å².